The summed E-state index contributed by atoms with van der Waals surface area (Å²) < 4.78 is 2.20. The number of hydrogen-bond donors (Lipinski definition) is 1. The molecule has 1 amide bonds. The Balaban J connectivity index is 1.49. The minimum Gasteiger partial charge on any atom is -0.322 e. The van der Waals surface area contributed by atoms with E-state index in [1.54, 1.807) is 18.2 Å². The Labute approximate surface area is 169 Å². The monoisotopic (exact) mass is 392 g/mol. The van der Waals surface area contributed by atoms with Crippen molar-refractivity contribution in [3.63, 3.8) is 0 Å². The number of hydrogen-bond acceptors (Lipinski definition) is 3. The molecule has 2 aromatic carbocycles. The van der Waals surface area contributed by atoms with E-state index in [2.05, 4.69) is 20.1 Å². The Bertz CT molecular complexity index is 1010. The lowest BCUT2D eigenvalue weighted by molar-refractivity contribution is -0.111. The van der Waals surface area contributed by atoms with E-state index in [9.17, 15) is 4.79 Å². The quantitative estimate of drug-likeness (QED) is 0.637. The molecule has 142 valence electrons. The van der Waals surface area contributed by atoms with E-state index in [1.807, 2.05) is 36.4 Å². The average molecular weight is 393 g/mol. The van der Waals surface area contributed by atoms with E-state index < -0.39 is 0 Å². The number of anilines is 1. The van der Waals surface area contributed by atoms with Crippen molar-refractivity contribution in [2.24, 2.45) is 0 Å². The fourth-order valence-electron chi connectivity index (χ4n) is 3.36. The van der Waals surface area contributed by atoms with Crippen molar-refractivity contribution in [3.05, 3.63) is 71.0 Å². The maximum atomic E-state index is 12.3. The van der Waals surface area contributed by atoms with E-state index in [0.717, 1.165) is 54.3 Å². The fourth-order valence-corrected chi connectivity index (χ4v) is 3.49. The zero-order valence-electron chi connectivity index (χ0n) is 15.4. The second kappa shape index (κ2) is 8.40. The van der Waals surface area contributed by atoms with Crippen molar-refractivity contribution >= 4 is 29.3 Å². The fraction of sp³-hybridized carbons (Fsp3) is 0.227. The lowest BCUT2D eigenvalue weighted by Gasteiger charge is -2.09. The minimum atomic E-state index is -0.188. The summed E-state index contributed by atoms with van der Waals surface area (Å²) in [7, 11) is 0. The van der Waals surface area contributed by atoms with Crippen LogP contribution in [-0.4, -0.2) is 20.7 Å². The van der Waals surface area contributed by atoms with E-state index in [0.29, 0.717) is 5.02 Å². The Hall–Kier alpha value is -2.92. The van der Waals surface area contributed by atoms with Gasteiger partial charge in [-0.3, -0.25) is 4.79 Å². The highest BCUT2D eigenvalue weighted by atomic mass is 35.5. The zero-order valence-corrected chi connectivity index (χ0v) is 16.2. The van der Waals surface area contributed by atoms with Gasteiger partial charge in [0.1, 0.15) is 5.82 Å². The highest BCUT2D eigenvalue weighted by Gasteiger charge is 2.16. The predicted molar refractivity (Wildman–Crippen MR) is 112 cm³/mol. The lowest BCUT2D eigenvalue weighted by Crippen LogP contribution is -2.08. The van der Waals surface area contributed by atoms with Gasteiger partial charge in [0.15, 0.2) is 5.82 Å². The molecule has 6 heteroatoms. The van der Waals surface area contributed by atoms with E-state index in [1.165, 1.54) is 12.5 Å². The molecule has 0 unspecified atom stereocenters. The number of amides is 1. The predicted octanol–water partition coefficient (Wildman–Crippen LogP) is 4.98. The van der Waals surface area contributed by atoms with Crippen LogP contribution in [0.5, 0.6) is 0 Å². The molecular weight excluding hydrogens is 372 g/mol. The number of aryl methyl sites for hydroxylation is 1. The smallest absolute Gasteiger partial charge is 0.248 e. The first-order valence-corrected chi connectivity index (χ1v) is 9.84. The molecule has 0 spiro atoms. The molecule has 0 saturated carbocycles. The largest absolute Gasteiger partial charge is 0.322 e. The third-order valence-corrected chi connectivity index (χ3v) is 5.05. The molecule has 0 saturated heterocycles. The molecule has 3 aromatic rings. The summed E-state index contributed by atoms with van der Waals surface area (Å²) in [6.07, 6.45) is 7.77. The molecule has 0 aliphatic carbocycles. The van der Waals surface area contributed by atoms with Gasteiger partial charge in [-0.15, -0.1) is 10.2 Å². The van der Waals surface area contributed by atoms with Crippen LogP contribution >= 0.6 is 11.6 Å². The molecule has 1 aliphatic heterocycles. The maximum Gasteiger partial charge on any atom is 0.248 e. The van der Waals surface area contributed by atoms with Gasteiger partial charge in [-0.2, -0.15) is 0 Å². The molecule has 0 fully saturated rings. The minimum absolute atomic E-state index is 0.188. The number of rotatable bonds is 4. The Morgan fingerprint density at radius 1 is 1.07 bits per heavy atom. The Kier molecular flexibility index (Phi) is 5.53. The van der Waals surface area contributed by atoms with E-state index in [-0.39, 0.29) is 5.91 Å². The van der Waals surface area contributed by atoms with Crippen LogP contribution in [0, 0.1) is 0 Å². The SMILES string of the molecule is O=C(/C=C/c1ccc(Cl)cc1)Nc1cccc(-c2nnc3n2CCCCC3)c1. The lowest BCUT2D eigenvalue weighted by atomic mass is 10.1. The summed E-state index contributed by atoms with van der Waals surface area (Å²) in [4.78, 5) is 12.3. The van der Waals surface area contributed by atoms with Crippen molar-refractivity contribution in [2.75, 3.05) is 5.32 Å². The summed E-state index contributed by atoms with van der Waals surface area (Å²) in [6.45, 7) is 0.943. The highest BCUT2D eigenvalue weighted by molar-refractivity contribution is 6.30. The molecule has 2 heterocycles. The highest BCUT2D eigenvalue weighted by Crippen LogP contribution is 2.25. The van der Waals surface area contributed by atoms with Crippen molar-refractivity contribution in [1.29, 1.82) is 0 Å². The third kappa shape index (κ3) is 4.31. The zero-order chi connectivity index (χ0) is 19.3. The maximum absolute atomic E-state index is 12.3. The third-order valence-electron chi connectivity index (χ3n) is 4.79. The van der Waals surface area contributed by atoms with Gasteiger partial charge in [-0.05, 0) is 48.7 Å². The average Bonchev–Trinajstić information content (AvgIpc) is 2.96. The first kappa shape index (κ1) is 18.4. The molecule has 5 nitrogen and oxygen atoms in total. The van der Waals surface area contributed by atoms with Crippen LogP contribution in [0.2, 0.25) is 5.02 Å². The number of nitrogens with zero attached hydrogens (tertiary/aromatic N) is 3. The summed E-state index contributed by atoms with van der Waals surface area (Å²) >= 11 is 5.88. The van der Waals surface area contributed by atoms with Crippen LogP contribution in [0.1, 0.15) is 30.7 Å². The molecule has 28 heavy (non-hydrogen) atoms. The van der Waals surface area contributed by atoms with Gasteiger partial charge in [0.2, 0.25) is 5.91 Å². The van der Waals surface area contributed by atoms with Gasteiger partial charge < -0.3 is 9.88 Å². The number of carbonyl (C=O) groups is 1. The summed E-state index contributed by atoms with van der Waals surface area (Å²) in [5, 5.41) is 12.3. The second-order valence-electron chi connectivity index (χ2n) is 6.86. The first-order chi connectivity index (χ1) is 13.7. The van der Waals surface area contributed by atoms with Crippen LogP contribution in [0.25, 0.3) is 17.5 Å². The number of aromatic nitrogens is 3. The van der Waals surface area contributed by atoms with Crippen molar-refractivity contribution < 1.29 is 4.79 Å². The van der Waals surface area contributed by atoms with Gasteiger partial charge in [-0.25, -0.2) is 0 Å². The molecule has 1 aromatic heterocycles. The number of carbonyl (C=O) groups excluding carboxylic acids is 1. The number of nitrogens with one attached hydrogen (secondary N) is 1. The molecule has 1 N–H and O–H groups in total. The second-order valence-corrected chi connectivity index (χ2v) is 7.29. The summed E-state index contributed by atoms with van der Waals surface area (Å²) in [5.74, 6) is 1.73. The number of fused-ring (bicyclic) bond motifs is 1. The molecular formula is C22H21ClN4O. The Morgan fingerprint density at radius 3 is 2.79 bits per heavy atom. The van der Waals surface area contributed by atoms with Crippen LogP contribution in [0.3, 0.4) is 0 Å². The van der Waals surface area contributed by atoms with Crippen LogP contribution in [0.4, 0.5) is 5.69 Å². The van der Waals surface area contributed by atoms with Gasteiger partial charge in [0, 0.05) is 35.3 Å². The van der Waals surface area contributed by atoms with Crippen molar-refractivity contribution in [3.8, 4) is 11.4 Å². The normalized spacial score (nSPS) is 13.9. The first-order valence-electron chi connectivity index (χ1n) is 9.46. The molecule has 4 rings (SSSR count). The van der Waals surface area contributed by atoms with Gasteiger partial charge in [0.25, 0.3) is 0 Å². The summed E-state index contributed by atoms with van der Waals surface area (Å²) in [5.41, 5.74) is 2.61. The van der Waals surface area contributed by atoms with Gasteiger partial charge in [0.05, 0.1) is 0 Å². The van der Waals surface area contributed by atoms with Crippen LogP contribution in [-0.2, 0) is 17.8 Å². The van der Waals surface area contributed by atoms with Gasteiger partial charge >= 0.3 is 0 Å². The topological polar surface area (TPSA) is 59.8 Å². The van der Waals surface area contributed by atoms with Crippen LogP contribution in [0.15, 0.2) is 54.6 Å². The molecule has 0 radical (unpaired) electrons. The molecule has 0 atom stereocenters. The molecule has 0 bridgehead atoms. The molecule has 1 aliphatic rings. The van der Waals surface area contributed by atoms with Crippen molar-refractivity contribution in [2.45, 2.75) is 32.2 Å². The van der Waals surface area contributed by atoms with Crippen LogP contribution < -0.4 is 5.32 Å². The number of benzene rings is 2. The standard InChI is InChI=1S/C22H21ClN4O/c23-18-11-8-16(9-12-18)10-13-21(28)24-19-6-4-5-17(15-19)22-26-25-20-7-2-1-3-14-27(20)22/h4-6,8-13,15H,1-3,7,14H2,(H,24,28)/b13-10+. The number of halogens is 1. The van der Waals surface area contributed by atoms with Crippen molar-refractivity contribution in [1.82, 2.24) is 14.8 Å². The van der Waals surface area contributed by atoms with E-state index >= 15 is 0 Å². The Morgan fingerprint density at radius 2 is 1.93 bits per heavy atom. The van der Waals surface area contributed by atoms with Gasteiger partial charge in [-0.1, -0.05) is 42.3 Å². The summed E-state index contributed by atoms with van der Waals surface area (Å²) in [6, 6.07) is 15.1. The van der Waals surface area contributed by atoms with E-state index in [4.69, 9.17) is 11.6 Å².